The lowest BCUT2D eigenvalue weighted by Gasteiger charge is -2.20. The molecule has 0 saturated heterocycles. The van der Waals surface area contributed by atoms with Gasteiger partial charge in [0.05, 0.1) is 6.04 Å². The van der Waals surface area contributed by atoms with Crippen LogP contribution in [0.25, 0.3) is 0 Å². The summed E-state index contributed by atoms with van der Waals surface area (Å²) in [7, 11) is 0. The Bertz CT molecular complexity index is 230. The summed E-state index contributed by atoms with van der Waals surface area (Å²) >= 11 is 0. The normalized spacial score (nSPS) is 28.8. The molecule has 1 amide bonds. The molecule has 1 aliphatic carbocycles. The Kier molecular flexibility index (Phi) is 5.26. The van der Waals surface area contributed by atoms with Crippen LogP contribution < -0.4 is 11.1 Å². The van der Waals surface area contributed by atoms with E-state index in [-0.39, 0.29) is 17.9 Å². The van der Waals surface area contributed by atoms with Gasteiger partial charge in [0.2, 0.25) is 5.91 Å². The van der Waals surface area contributed by atoms with E-state index in [9.17, 15) is 4.79 Å². The second-order valence-electron chi connectivity index (χ2n) is 5.32. The van der Waals surface area contributed by atoms with E-state index in [0.717, 1.165) is 18.9 Å². The average molecular weight is 226 g/mol. The molecule has 4 atom stereocenters. The van der Waals surface area contributed by atoms with Gasteiger partial charge in [-0.05, 0) is 24.2 Å². The number of nitrogens with one attached hydrogen (secondary N) is 1. The van der Waals surface area contributed by atoms with Crippen molar-refractivity contribution >= 4 is 5.91 Å². The first-order valence-corrected chi connectivity index (χ1v) is 6.59. The van der Waals surface area contributed by atoms with Crippen LogP contribution in [-0.2, 0) is 4.79 Å². The van der Waals surface area contributed by atoms with Crippen molar-refractivity contribution in [1.82, 2.24) is 5.32 Å². The van der Waals surface area contributed by atoms with Gasteiger partial charge in [0.1, 0.15) is 0 Å². The molecule has 1 fully saturated rings. The van der Waals surface area contributed by atoms with E-state index >= 15 is 0 Å². The molecule has 3 heteroatoms. The molecule has 0 aliphatic heterocycles. The molecule has 16 heavy (non-hydrogen) atoms. The lowest BCUT2D eigenvalue weighted by atomic mass is 9.96. The van der Waals surface area contributed by atoms with Crippen molar-refractivity contribution in [3.63, 3.8) is 0 Å². The van der Waals surface area contributed by atoms with Crippen molar-refractivity contribution in [3.05, 3.63) is 0 Å². The first kappa shape index (κ1) is 13.5. The third-order valence-electron chi connectivity index (χ3n) is 4.14. The van der Waals surface area contributed by atoms with Gasteiger partial charge in [-0.1, -0.05) is 40.0 Å². The Hall–Kier alpha value is -0.570. The maximum Gasteiger partial charge on any atom is 0.237 e. The van der Waals surface area contributed by atoms with Gasteiger partial charge in [-0.15, -0.1) is 0 Å². The molecule has 0 heterocycles. The van der Waals surface area contributed by atoms with Crippen molar-refractivity contribution in [2.75, 3.05) is 6.54 Å². The van der Waals surface area contributed by atoms with E-state index in [1.807, 2.05) is 6.92 Å². The van der Waals surface area contributed by atoms with E-state index in [2.05, 4.69) is 19.2 Å². The lowest BCUT2D eigenvalue weighted by molar-refractivity contribution is -0.123. The number of hydrogen-bond acceptors (Lipinski definition) is 2. The van der Waals surface area contributed by atoms with E-state index in [1.165, 1.54) is 19.3 Å². The van der Waals surface area contributed by atoms with Crippen LogP contribution in [0.4, 0.5) is 0 Å². The van der Waals surface area contributed by atoms with Crippen LogP contribution in [0.3, 0.4) is 0 Å². The minimum atomic E-state index is -0.346. The Labute approximate surface area is 99.2 Å². The highest BCUT2D eigenvalue weighted by Gasteiger charge is 2.25. The van der Waals surface area contributed by atoms with Crippen LogP contribution in [0, 0.1) is 17.8 Å². The van der Waals surface area contributed by atoms with Gasteiger partial charge in [-0.25, -0.2) is 0 Å². The quantitative estimate of drug-likeness (QED) is 0.752. The molecule has 3 N–H and O–H groups in total. The Balaban J connectivity index is 2.29. The zero-order chi connectivity index (χ0) is 12.1. The fourth-order valence-corrected chi connectivity index (χ4v) is 2.39. The minimum Gasteiger partial charge on any atom is -0.354 e. The first-order valence-electron chi connectivity index (χ1n) is 6.59. The van der Waals surface area contributed by atoms with Gasteiger partial charge in [0.15, 0.2) is 0 Å². The molecule has 0 aromatic rings. The second-order valence-corrected chi connectivity index (χ2v) is 5.32. The maximum absolute atomic E-state index is 11.8. The van der Waals surface area contributed by atoms with Crippen molar-refractivity contribution in [3.8, 4) is 0 Å². The van der Waals surface area contributed by atoms with Crippen molar-refractivity contribution in [2.45, 2.75) is 52.5 Å². The standard InChI is InChI=1S/C13H26N2O/c1-4-9(2)12(14)13(16)15-8-11-7-5-6-10(11)3/h9-12H,4-8,14H2,1-3H3,(H,15,16)/t9-,10?,11?,12-/m0/s1. The zero-order valence-corrected chi connectivity index (χ0v) is 10.8. The van der Waals surface area contributed by atoms with Crippen molar-refractivity contribution in [1.29, 1.82) is 0 Å². The second kappa shape index (κ2) is 6.24. The van der Waals surface area contributed by atoms with Gasteiger partial charge in [0.25, 0.3) is 0 Å². The molecule has 0 aromatic heterocycles. The third-order valence-corrected chi connectivity index (χ3v) is 4.14. The molecule has 2 unspecified atom stereocenters. The number of amides is 1. The molecular weight excluding hydrogens is 200 g/mol. The molecule has 0 spiro atoms. The van der Waals surface area contributed by atoms with Crippen LogP contribution in [0.5, 0.6) is 0 Å². The van der Waals surface area contributed by atoms with E-state index < -0.39 is 0 Å². The summed E-state index contributed by atoms with van der Waals surface area (Å²) in [4.78, 5) is 11.8. The molecule has 94 valence electrons. The molecule has 3 nitrogen and oxygen atoms in total. The van der Waals surface area contributed by atoms with Crippen LogP contribution >= 0.6 is 0 Å². The van der Waals surface area contributed by atoms with Crippen LogP contribution in [-0.4, -0.2) is 18.5 Å². The van der Waals surface area contributed by atoms with E-state index in [4.69, 9.17) is 5.73 Å². The SMILES string of the molecule is CC[C@H](C)[C@H](N)C(=O)NCC1CCCC1C. The Morgan fingerprint density at radius 1 is 1.50 bits per heavy atom. The molecule has 1 aliphatic rings. The summed E-state index contributed by atoms with van der Waals surface area (Å²) in [6.07, 6.45) is 4.81. The van der Waals surface area contributed by atoms with Crippen LogP contribution in [0.15, 0.2) is 0 Å². The fourth-order valence-electron chi connectivity index (χ4n) is 2.39. The smallest absolute Gasteiger partial charge is 0.237 e. The van der Waals surface area contributed by atoms with Crippen LogP contribution in [0.2, 0.25) is 0 Å². The third kappa shape index (κ3) is 3.48. The van der Waals surface area contributed by atoms with Gasteiger partial charge >= 0.3 is 0 Å². The summed E-state index contributed by atoms with van der Waals surface area (Å²) in [5.74, 6) is 1.70. The number of carbonyl (C=O) groups is 1. The minimum absolute atomic E-state index is 0.0217. The number of hydrogen-bond donors (Lipinski definition) is 2. The summed E-state index contributed by atoms with van der Waals surface area (Å²) in [5, 5.41) is 3.01. The van der Waals surface area contributed by atoms with E-state index in [1.54, 1.807) is 0 Å². The molecule has 1 saturated carbocycles. The first-order chi connectivity index (χ1) is 7.56. The largest absolute Gasteiger partial charge is 0.354 e. The highest BCUT2D eigenvalue weighted by atomic mass is 16.2. The summed E-state index contributed by atoms with van der Waals surface area (Å²) < 4.78 is 0. The molecule has 0 bridgehead atoms. The summed E-state index contributed by atoms with van der Waals surface area (Å²) in [5.41, 5.74) is 5.88. The highest BCUT2D eigenvalue weighted by molar-refractivity contribution is 5.81. The molecule has 0 aromatic carbocycles. The van der Waals surface area contributed by atoms with Gasteiger partial charge < -0.3 is 11.1 Å². The van der Waals surface area contributed by atoms with Crippen LogP contribution in [0.1, 0.15) is 46.5 Å². The monoisotopic (exact) mass is 226 g/mol. The number of rotatable bonds is 5. The Morgan fingerprint density at radius 2 is 2.19 bits per heavy atom. The maximum atomic E-state index is 11.8. The Morgan fingerprint density at radius 3 is 2.69 bits per heavy atom. The number of carbonyl (C=O) groups excluding carboxylic acids is 1. The highest BCUT2D eigenvalue weighted by Crippen LogP contribution is 2.30. The number of nitrogens with two attached hydrogens (primary N) is 1. The van der Waals surface area contributed by atoms with Gasteiger partial charge in [-0.2, -0.15) is 0 Å². The predicted molar refractivity (Wildman–Crippen MR) is 66.9 cm³/mol. The predicted octanol–water partition coefficient (Wildman–Crippen LogP) is 1.91. The van der Waals surface area contributed by atoms with Gasteiger partial charge in [0, 0.05) is 6.54 Å². The topological polar surface area (TPSA) is 55.1 Å². The lowest BCUT2D eigenvalue weighted by Crippen LogP contribution is -2.46. The van der Waals surface area contributed by atoms with Gasteiger partial charge in [-0.3, -0.25) is 4.79 Å². The molecule has 1 rings (SSSR count). The fraction of sp³-hybridized carbons (Fsp3) is 0.923. The van der Waals surface area contributed by atoms with Crippen molar-refractivity contribution < 1.29 is 4.79 Å². The molecule has 0 radical (unpaired) electrons. The zero-order valence-electron chi connectivity index (χ0n) is 10.8. The van der Waals surface area contributed by atoms with Crippen molar-refractivity contribution in [2.24, 2.45) is 23.5 Å². The summed E-state index contributed by atoms with van der Waals surface area (Å²) in [6, 6.07) is -0.346. The molecular formula is C13H26N2O. The van der Waals surface area contributed by atoms with E-state index in [0.29, 0.717) is 5.92 Å². The average Bonchev–Trinajstić information content (AvgIpc) is 2.69. The summed E-state index contributed by atoms with van der Waals surface area (Å²) in [6.45, 7) is 7.18.